The van der Waals surface area contributed by atoms with Gasteiger partial charge in [0.05, 0.1) is 25.3 Å². The third-order valence-electron chi connectivity index (χ3n) is 3.38. The van der Waals surface area contributed by atoms with Gasteiger partial charge < -0.3 is 21.1 Å². The van der Waals surface area contributed by atoms with Gasteiger partial charge in [-0.25, -0.2) is 4.79 Å². The van der Waals surface area contributed by atoms with Gasteiger partial charge in [-0.3, -0.25) is 9.59 Å². The number of rotatable bonds is 6. The molecule has 23 heavy (non-hydrogen) atoms. The molecule has 0 radical (unpaired) electrons. The molecule has 0 fully saturated rings. The van der Waals surface area contributed by atoms with Crippen LogP contribution >= 0.6 is 0 Å². The van der Waals surface area contributed by atoms with Gasteiger partial charge in [-0.05, 0) is 30.5 Å². The van der Waals surface area contributed by atoms with E-state index in [9.17, 15) is 14.4 Å². The topological polar surface area (TPSA) is 111 Å². The minimum absolute atomic E-state index is 0.0166. The molecule has 1 aromatic carbocycles. The Morgan fingerprint density at radius 1 is 1.26 bits per heavy atom. The summed E-state index contributed by atoms with van der Waals surface area (Å²) in [7, 11) is 1.29. The number of benzene rings is 1. The van der Waals surface area contributed by atoms with Crippen LogP contribution in [0.3, 0.4) is 0 Å². The first-order valence-electron chi connectivity index (χ1n) is 7.28. The quantitative estimate of drug-likeness (QED) is 0.672. The maximum Gasteiger partial charge on any atom is 0.337 e. The second kappa shape index (κ2) is 8.28. The van der Waals surface area contributed by atoms with Gasteiger partial charge in [-0.1, -0.05) is 19.9 Å². The predicted molar refractivity (Wildman–Crippen MR) is 87.0 cm³/mol. The molecule has 0 bridgehead atoms. The number of hydrogen-bond acceptors (Lipinski definition) is 5. The molecule has 0 aliphatic rings. The standard InChI is InChI=1S/C16H23N3O4/c1-9(2)14(17)15(21)18-8-13(20)19-12-7-11(16(22)23-4)6-5-10(12)3/h5-7,9,14H,8,17H2,1-4H3,(H,18,21)(H,19,20)/t14-/m0/s1. The Morgan fingerprint density at radius 2 is 1.91 bits per heavy atom. The number of carbonyl (C=O) groups is 3. The average Bonchev–Trinajstić information content (AvgIpc) is 2.52. The average molecular weight is 321 g/mol. The molecular weight excluding hydrogens is 298 g/mol. The van der Waals surface area contributed by atoms with Gasteiger partial charge in [0, 0.05) is 5.69 Å². The normalized spacial score (nSPS) is 11.7. The van der Waals surface area contributed by atoms with Crippen LogP contribution in [0, 0.1) is 12.8 Å². The zero-order valence-corrected chi connectivity index (χ0v) is 13.8. The van der Waals surface area contributed by atoms with E-state index < -0.39 is 17.9 Å². The Hall–Kier alpha value is -2.41. The second-order valence-corrected chi connectivity index (χ2v) is 5.56. The second-order valence-electron chi connectivity index (χ2n) is 5.56. The predicted octanol–water partition coefficient (Wildman–Crippen LogP) is 0.820. The van der Waals surface area contributed by atoms with Crippen LogP contribution in [0.4, 0.5) is 5.69 Å². The fourth-order valence-corrected chi connectivity index (χ4v) is 1.78. The van der Waals surface area contributed by atoms with Crippen LogP contribution in [0.25, 0.3) is 0 Å². The lowest BCUT2D eigenvalue weighted by atomic mass is 10.1. The van der Waals surface area contributed by atoms with E-state index in [-0.39, 0.29) is 18.4 Å². The summed E-state index contributed by atoms with van der Waals surface area (Å²) in [6, 6.07) is 4.18. The third-order valence-corrected chi connectivity index (χ3v) is 3.38. The molecule has 0 aliphatic heterocycles. The van der Waals surface area contributed by atoms with Crippen molar-refractivity contribution in [1.29, 1.82) is 0 Å². The van der Waals surface area contributed by atoms with E-state index in [0.29, 0.717) is 11.3 Å². The molecule has 126 valence electrons. The first-order valence-corrected chi connectivity index (χ1v) is 7.28. The van der Waals surface area contributed by atoms with Crippen LogP contribution in [-0.2, 0) is 14.3 Å². The van der Waals surface area contributed by atoms with E-state index in [0.717, 1.165) is 5.56 Å². The molecule has 1 rings (SSSR count). The van der Waals surface area contributed by atoms with Gasteiger partial charge in [0.1, 0.15) is 0 Å². The monoisotopic (exact) mass is 321 g/mol. The fourth-order valence-electron chi connectivity index (χ4n) is 1.78. The largest absolute Gasteiger partial charge is 0.465 e. The Bertz CT molecular complexity index is 599. The van der Waals surface area contributed by atoms with Crippen LogP contribution in [0.2, 0.25) is 0 Å². The molecule has 7 heteroatoms. The Balaban J connectivity index is 2.67. The van der Waals surface area contributed by atoms with E-state index in [1.165, 1.54) is 13.2 Å². The van der Waals surface area contributed by atoms with E-state index in [2.05, 4.69) is 15.4 Å². The van der Waals surface area contributed by atoms with Gasteiger partial charge >= 0.3 is 5.97 Å². The van der Waals surface area contributed by atoms with Crippen LogP contribution in [0.5, 0.6) is 0 Å². The number of ether oxygens (including phenoxy) is 1. The highest BCUT2D eigenvalue weighted by Gasteiger charge is 2.18. The first kappa shape index (κ1) is 18.6. The molecule has 2 amide bonds. The summed E-state index contributed by atoms with van der Waals surface area (Å²) in [5, 5.41) is 5.14. The number of nitrogens with two attached hydrogens (primary N) is 1. The molecule has 0 saturated carbocycles. The number of nitrogens with one attached hydrogen (secondary N) is 2. The zero-order chi connectivity index (χ0) is 17.6. The highest BCUT2D eigenvalue weighted by Crippen LogP contribution is 2.17. The highest BCUT2D eigenvalue weighted by molar-refractivity contribution is 5.97. The lowest BCUT2D eigenvalue weighted by Gasteiger charge is -2.15. The lowest BCUT2D eigenvalue weighted by molar-refractivity contribution is -0.125. The van der Waals surface area contributed by atoms with E-state index in [1.807, 2.05) is 13.8 Å². The van der Waals surface area contributed by atoms with Gasteiger partial charge in [0.15, 0.2) is 0 Å². The minimum Gasteiger partial charge on any atom is -0.465 e. The molecule has 0 saturated heterocycles. The zero-order valence-electron chi connectivity index (χ0n) is 13.8. The molecule has 0 aliphatic carbocycles. The highest BCUT2D eigenvalue weighted by atomic mass is 16.5. The number of hydrogen-bond donors (Lipinski definition) is 3. The summed E-state index contributed by atoms with van der Waals surface area (Å²) < 4.78 is 4.64. The summed E-state index contributed by atoms with van der Waals surface area (Å²) >= 11 is 0. The van der Waals surface area contributed by atoms with Crippen LogP contribution in [0.1, 0.15) is 29.8 Å². The molecule has 1 aromatic rings. The van der Waals surface area contributed by atoms with Gasteiger partial charge in [-0.2, -0.15) is 0 Å². The Kier molecular flexibility index (Phi) is 6.71. The van der Waals surface area contributed by atoms with Crippen molar-refractivity contribution in [3.63, 3.8) is 0 Å². The Morgan fingerprint density at radius 3 is 2.48 bits per heavy atom. The number of amides is 2. The molecule has 0 unspecified atom stereocenters. The van der Waals surface area contributed by atoms with E-state index in [4.69, 9.17) is 5.73 Å². The fraction of sp³-hybridized carbons (Fsp3) is 0.438. The molecule has 0 aromatic heterocycles. The number of methoxy groups -OCH3 is 1. The van der Waals surface area contributed by atoms with Gasteiger partial charge in [0.25, 0.3) is 0 Å². The van der Waals surface area contributed by atoms with Gasteiger partial charge in [-0.15, -0.1) is 0 Å². The van der Waals surface area contributed by atoms with Crippen LogP contribution in [0.15, 0.2) is 18.2 Å². The van der Waals surface area contributed by atoms with Crippen molar-refractivity contribution in [1.82, 2.24) is 5.32 Å². The van der Waals surface area contributed by atoms with E-state index >= 15 is 0 Å². The van der Waals surface area contributed by atoms with Crippen molar-refractivity contribution in [2.24, 2.45) is 11.7 Å². The molecule has 7 nitrogen and oxygen atoms in total. The van der Waals surface area contributed by atoms with Crippen molar-refractivity contribution in [3.05, 3.63) is 29.3 Å². The van der Waals surface area contributed by atoms with E-state index in [1.54, 1.807) is 19.1 Å². The van der Waals surface area contributed by atoms with Crippen LogP contribution < -0.4 is 16.4 Å². The van der Waals surface area contributed by atoms with Crippen LogP contribution in [-0.4, -0.2) is 37.5 Å². The lowest BCUT2D eigenvalue weighted by Crippen LogP contribution is -2.46. The molecule has 4 N–H and O–H groups in total. The minimum atomic E-state index is -0.660. The first-order chi connectivity index (χ1) is 10.8. The molecular formula is C16H23N3O4. The summed E-state index contributed by atoms with van der Waals surface area (Å²) in [4.78, 5) is 35.2. The summed E-state index contributed by atoms with van der Waals surface area (Å²) in [5.41, 5.74) is 7.30. The van der Waals surface area contributed by atoms with Crippen molar-refractivity contribution in [3.8, 4) is 0 Å². The maximum absolute atomic E-state index is 11.9. The number of esters is 1. The third kappa shape index (κ3) is 5.37. The summed E-state index contributed by atoms with van der Waals surface area (Å²) in [6.07, 6.45) is 0. The molecule has 0 heterocycles. The number of anilines is 1. The van der Waals surface area contributed by atoms with Crippen molar-refractivity contribution in [2.75, 3.05) is 19.0 Å². The van der Waals surface area contributed by atoms with Gasteiger partial charge in [0.2, 0.25) is 11.8 Å². The number of aryl methyl sites for hydroxylation is 1. The van der Waals surface area contributed by atoms with Crippen molar-refractivity contribution < 1.29 is 19.1 Å². The number of carbonyl (C=O) groups excluding carboxylic acids is 3. The smallest absolute Gasteiger partial charge is 0.337 e. The summed E-state index contributed by atoms with van der Waals surface area (Å²) in [6.45, 7) is 5.25. The SMILES string of the molecule is COC(=O)c1ccc(C)c(NC(=O)CNC(=O)[C@@H](N)C(C)C)c1. The summed E-state index contributed by atoms with van der Waals surface area (Å²) in [5.74, 6) is -1.29. The maximum atomic E-state index is 11.9. The molecule has 0 spiro atoms. The van der Waals surface area contributed by atoms with Crippen molar-refractivity contribution in [2.45, 2.75) is 26.8 Å². The Labute approximate surface area is 135 Å². The van der Waals surface area contributed by atoms with Crippen molar-refractivity contribution >= 4 is 23.5 Å². The molecule has 1 atom stereocenters.